The summed E-state index contributed by atoms with van der Waals surface area (Å²) >= 11 is 3.06. The molecule has 0 radical (unpaired) electrons. The first-order chi connectivity index (χ1) is 8.31. The first-order valence-electron chi connectivity index (χ1n) is 5.44. The normalized spacial score (nSPS) is 10.4. The van der Waals surface area contributed by atoms with Crippen molar-refractivity contribution in [1.82, 2.24) is 4.37 Å². The van der Waals surface area contributed by atoms with E-state index in [1.165, 1.54) is 17.1 Å². The topological polar surface area (TPSA) is 60.2 Å². The van der Waals surface area contributed by atoms with Crippen LogP contribution in [0.2, 0.25) is 0 Å². The lowest BCUT2D eigenvalue weighted by atomic mass is 10.2. The van der Waals surface area contributed by atoms with Gasteiger partial charge in [0.1, 0.15) is 0 Å². The third-order valence-electron chi connectivity index (χ3n) is 2.24. The predicted molar refractivity (Wildman–Crippen MR) is 74.2 cm³/mol. The highest BCUT2D eigenvalue weighted by molar-refractivity contribution is 7.11. The van der Waals surface area contributed by atoms with E-state index in [0.29, 0.717) is 18.2 Å². The van der Waals surface area contributed by atoms with E-state index < -0.39 is 0 Å². The van der Waals surface area contributed by atoms with Gasteiger partial charge in [0.15, 0.2) is 16.6 Å². The monoisotopic (exact) mass is 269 g/mol. The Morgan fingerprint density at radius 2 is 2.41 bits per heavy atom. The van der Waals surface area contributed by atoms with E-state index in [4.69, 9.17) is 10.5 Å². The van der Waals surface area contributed by atoms with Gasteiger partial charge in [0.2, 0.25) is 0 Å². The van der Waals surface area contributed by atoms with Gasteiger partial charge in [-0.05, 0) is 47.3 Å². The molecule has 2 aromatic heterocycles. The lowest BCUT2D eigenvalue weighted by Gasteiger charge is -2.06. The molecule has 0 aliphatic carbocycles. The molecule has 3 N–H and O–H groups in total. The van der Waals surface area contributed by atoms with Crippen molar-refractivity contribution in [2.45, 2.75) is 13.3 Å². The van der Waals surface area contributed by atoms with E-state index in [1.807, 2.05) is 6.92 Å². The summed E-state index contributed by atoms with van der Waals surface area (Å²) in [5.41, 5.74) is 7.08. The molecule has 0 fully saturated rings. The summed E-state index contributed by atoms with van der Waals surface area (Å²) in [5, 5.41) is 8.48. The number of thiophene rings is 1. The van der Waals surface area contributed by atoms with Crippen LogP contribution in [0.1, 0.15) is 12.5 Å². The molecule has 2 aromatic rings. The van der Waals surface area contributed by atoms with Crippen molar-refractivity contribution < 1.29 is 4.74 Å². The number of nitrogen functional groups attached to an aromatic ring is 1. The summed E-state index contributed by atoms with van der Waals surface area (Å²) in [6.45, 7) is 3.40. The minimum Gasteiger partial charge on any atom is -0.487 e. The highest BCUT2D eigenvalue weighted by Gasteiger charge is 2.11. The molecular formula is C11H15N3OS2. The van der Waals surface area contributed by atoms with E-state index in [1.54, 1.807) is 11.3 Å². The first kappa shape index (κ1) is 12.2. The number of ether oxygens (including phenoxy) is 1. The molecule has 92 valence electrons. The van der Waals surface area contributed by atoms with Gasteiger partial charge in [0.05, 0.1) is 6.61 Å². The second-order valence-electron chi connectivity index (χ2n) is 3.47. The minimum atomic E-state index is 0.467. The molecule has 0 aromatic carbocycles. The number of anilines is 2. The quantitative estimate of drug-likeness (QED) is 0.846. The first-order valence-corrected chi connectivity index (χ1v) is 7.15. The Labute approximate surface area is 109 Å². The van der Waals surface area contributed by atoms with Crippen LogP contribution in [0.5, 0.6) is 5.75 Å². The van der Waals surface area contributed by atoms with Gasteiger partial charge in [-0.2, -0.15) is 15.7 Å². The maximum absolute atomic E-state index is 5.73. The van der Waals surface area contributed by atoms with E-state index in [-0.39, 0.29) is 0 Å². The van der Waals surface area contributed by atoms with Crippen LogP contribution in [-0.4, -0.2) is 17.5 Å². The summed E-state index contributed by atoms with van der Waals surface area (Å²) in [7, 11) is 0. The van der Waals surface area contributed by atoms with Gasteiger partial charge >= 0.3 is 0 Å². The van der Waals surface area contributed by atoms with Crippen molar-refractivity contribution in [2.75, 3.05) is 24.2 Å². The Morgan fingerprint density at radius 3 is 3.12 bits per heavy atom. The Bertz CT molecular complexity index is 453. The summed E-state index contributed by atoms with van der Waals surface area (Å²) in [5.74, 6) is 1.15. The predicted octanol–water partition coefficient (Wildman–Crippen LogP) is 2.84. The van der Waals surface area contributed by atoms with Crippen LogP contribution in [0.3, 0.4) is 0 Å². The van der Waals surface area contributed by atoms with Crippen LogP contribution < -0.4 is 15.8 Å². The number of nitrogens with zero attached hydrogens (tertiary/aromatic N) is 1. The summed E-state index contributed by atoms with van der Waals surface area (Å²) < 4.78 is 9.54. The van der Waals surface area contributed by atoms with E-state index >= 15 is 0 Å². The standard InChI is InChI=1S/C11H15N3OS2/c1-2-15-9-10(12)14-17-11(9)13-5-3-8-4-6-16-7-8/h4,6-7,13H,2-3,5H2,1H3,(H2,12,14). The molecule has 2 heterocycles. The maximum Gasteiger partial charge on any atom is 0.197 e. The molecule has 0 saturated heterocycles. The van der Waals surface area contributed by atoms with Gasteiger partial charge in [-0.15, -0.1) is 0 Å². The fraction of sp³-hybridized carbons (Fsp3) is 0.364. The van der Waals surface area contributed by atoms with E-state index in [2.05, 4.69) is 26.5 Å². The molecular weight excluding hydrogens is 254 g/mol. The maximum atomic E-state index is 5.73. The van der Waals surface area contributed by atoms with Crippen LogP contribution in [0.25, 0.3) is 0 Å². The Hall–Kier alpha value is -1.27. The number of hydrogen-bond acceptors (Lipinski definition) is 6. The fourth-order valence-corrected chi connectivity index (χ4v) is 2.83. The average molecular weight is 269 g/mol. The highest BCUT2D eigenvalue weighted by Crippen LogP contribution is 2.34. The second-order valence-corrected chi connectivity index (χ2v) is 5.02. The minimum absolute atomic E-state index is 0.467. The van der Waals surface area contributed by atoms with Gasteiger partial charge < -0.3 is 15.8 Å². The van der Waals surface area contributed by atoms with Gasteiger partial charge in [-0.1, -0.05) is 0 Å². The lowest BCUT2D eigenvalue weighted by Crippen LogP contribution is -2.05. The van der Waals surface area contributed by atoms with Gasteiger partial charge in [-0.3, -0.25) is 0 Å². The molecule has 0 bridgehead atoms. The smallest absolute Gasteiger partial charge is 0.197 e. The Kier molecular flexibility index (Phi) is 4.22. The van der Waals surface area contributed by atoms with E-state index in [9.17, 15) is 0 Å². The molecule has 0 unspecified atom stereocenters. The summed E-state index contributed by atoms with van der Waals surface area (Å²) in [6, 6.07) is 2.14. The zero-order valence-electron chi connectivity index (χ0n) is 9.60. The number of hydrogen-bond donors (Lipinski definition) is 2. The summed E-state index contributed by atoms with van der Waals surface area (Å²) in [4.78, 5) is 0. The number of nitrogens with two attached hydrogens (primary N) is 1. The highest BCUT2D eigenvalue weighted by atomic mass is 32.1. The van der Waals surface area contributed by atoms with Crippen LogP contribution in [-0.2, 0) is 6.42 Å². The third-order valence-corrected chi connectivity index (χ3v) is 3.77. The van der Waals surface area contributed by atoms with Crippen molar-refractivity contribution in [1.29, 1.82) is 0 Å². The average Bonchev–Trinajstić information content (AvgIpc) is 2.93. The molecule has 0 aliphatic rings. The lowest BCUT2D eigenvalue weighted by molar-refractivity contribution is 0.344. The zero-order valence-corrected chi connectivity index (χ0v) is 11.2. The number of rotatable bonds is 6. The molecule has 4 nitrogen and oxygen atoms in total. The molecule has 0 saturated carbocycles. The summed E-state index contributed by atoms with van der Waals surface area (Å²) in [6.07, 6.45) is 0.993. The SMILES string of the molecule is CCOc1c(N)nsc1NCCc1ccsc1. The third kappa shape index (κ3) is 3.10. The van der Waals surface area contributed by atoms with Crippen LogP contribution in [0.4, 0.5) is 10.8 Å². The van der Waals surface area contributed by atoms with E-state index in [0.717, 1.165) is 18.0 Å². The van der Waals surface area contributed by atoms with Crippen molar-refractivity contribution in [3.63, 3.8) is 0 Å². The van der Waals surface area contributed by atoms with Crippen LogP contribution >= 0.6 is 22.9 Å². The van der Waals surface area contributed by atoms with Crippen LogP contribution in [0.15, 0.2) is 16.8 Å². The Morgan fingerprint density at radius 1 is 1.53 bits per heavy atom. The van der Waals surface area contributed by atoms with Gasteiger partial charge in [0.25, 0.3) is 0 Å². The molecule has 0 amide bonds. The largest absolute Gasteiger partial charge is 0.487 e. The molecule has 0 spiro atoms. The second kappa shape index (κ2) is 5.88. The van der Waals surface area contributed by atoms with Crippen molar-refractivity contribution in [3.05, 3.63) is 22.4 Å². The molecule has 0 atom stereocenters. The van der Waals surface area contributed by atoms with Gasteiger partial charge in [-0.25, -0.2) is 0 Å². The number of aromatic nitrogens is 1. The van der Waals surface area contributed by atoms with Crippen molar-refractivity contribution in [3.8, 4) is 5.75 Å². The molecule has 17 heavy (non-hydrogen) atoms. The Balaban J connectivity index is 1.90. The van der Waals surface area contributed by atoms with Crippen LogP contribution in [0, 0.1) is 0 Å². The van der Waals surface area contributed by atoms with Crippen molar-refractivity contribution in [2.24, 2.45) is 0 Å². The zero-order chi connectivity index (χ0) is 12.1. The number of nitrogens with one attached hydrogen (secondary N) is 1. The molecule has 2 rings (SSSR count). The fourth-order valence-electron chi connectivity index (χ4n) is 1.45. The molecule has 6 heteroatoms. The van der Waals surface area contributed by atoms with Crippen molar-refractivity contribution >= 4 is 33.7 Å². The van der Waals surface area contributed by atoms with Gasteiger partial charge in [0, 0.05) is 6.54 Å². The molecule has 0 aliphatic heterocycles.